The number of aliphatic imine (C=N–C) groups is 1. The topological polar surface area (TPSA) is 120 Å². The van der Waals surface area contributed by atoms with Crippen molar-refractivity contribution < 1.29 is 0 Å². The molecule has 0 spiro atoms. The Balaban J connectivity index is 1.34. The van der Waals surface area contributed by atoms with E-state index in [9.17, 15) is 0 Å². The van der Waals surface area contributed by atoms with Gasteiger partial charge in [-0.25, -0.2) is 9.98 Å². The van der Waals surface area contributed by atoms with Crippen LogP contribution in [0.15, 0.2) is 47.7 Å². The van der Waals surface area contributed by atoms with Crippen LogP contribution in [0.2, 0.25) is 0 Å². The summed E-state index contributed by atoms with van der Waals surface area (Å²) in [5.74, 6) is 1.20. The summed E-state index contributed by atoms with van der Waals surface area (Å²) in [5, 5.41) is 13.8. The predicted molar refractivity (Wildman–Crippen MR) is 99.1 cm³/mol. The number of pyridine rings is 1. The van der Waals surface area contributed by atoms with Gasteiger partial charge in [0.15, 0.2) is 11.6 Å². The maximum Gasteiger partial charge on any atom is 0.197 e. The molecule has 1 fully saturated rings. The third-order valence-electron chi connectivity index (χ3n) is 4.79. The van der Waals surface area contributed by atoms with Crippen LogP contribution in [0, 0.1) is 0 Å². The molecule has 8 heteroatoms. The number of rotatable bonds is 4. The van der Waals surface area contributed by atoms with Crippen LogP contribution in [0.25, 0.3) is 11.0 Å². The SMILES string of the molecule is NC1(c2cc(C3CC3)[nH]n2)C=CNC(=NCc2ccc3[nH]ccc3n2)N1. The predicted octanol–water partition coefficient (Wildman–Crippen LogP) is 1.54. The molecule has 5 rings (SSSR count). The van der Waals surface area contributed by atoms with Crippen molar-refractivity contribution in [1.29, 1.82) is 0 Å². The molecule has 1 saturated carbocycles. The van der Waals surface area contributed by atoms with Gasteiger partial charge in [0.05, 0.1) is 23.3 Å². The lowest BCUT2D eigenvalue weighted by atomic mass is 10.1. The van der Waals surface area contributed by atoms with Crippen molar-refractivity contribution in [2.45, 2.75) is 31.0 Å². The van der Waals surface area contributed by atoms with Gasteiger partial charge < -0.3 is 21.4 Å². The van der Waals surface area contributed by atoms with Gasteiger partial charge in [-0.05, 0) is 43.2 Å². The molecule has 4 heterocycles. The lowest BCUT2D eigenvalue weighted by Crippen LogP contribution is -2.57. The van der Waals surface area contributed by atoms with Crippen LogP contribution >= 0.6 is 0 Å². The average molecular weight is 348 g/mol. The van der Waals surface area contributed by atoms with Crippen molar-refractivity contribution in [3.05, 3.63) is 59.8 Å². The average Bonchev–Trinajstić information content (AvgIpc) is 3.19. The zero-order valence-electron chi connectivity index (χ0n) is 14.2. The van der Waals surface area contributed by atoms with E-state index in [0.29, 0.717) is 18.4 Å². The third-order valence-corrected chi connectivity index (χ3v) is 4.79. The summed E-state index contributed by atoms with van der Waals surface area (Å²) in [5.41, 5.74) is 10.4. The quantitative estimate of drug-likeness (QED) is 0.490. The maximum absolute atomic E-state index is 6.51. The number of aromatic nitrogens is 4. The second-order valence-electron chi connectivity index (χ2n) is 6.83. The van der Waals surface area contributed by atoms with Gasteiger partial charge in [-0.15, -0.1) is 0 Å². The Kier molecular flexibility index (Phi) is 3.32. The van der Waals surface area contributed by atoms with Crippen LogP contribution in [0.5, 0.6) is 0 Å². The van der Waals surface area contributed by atoms with E-state index in [2.05, 4.69) is 35.8 Å². The van der Waals surface area contributed by atoms with E-state index in [0.717, 1.165) is 28.1 Å². The minimum atomic E-state index is -0.883. The number of nitrogens with zero attached hydrogens (tertiary/aromatic N) is 3. The monoisotopic (exact) mass is 348 g/mol. The fraction of sp³-hybridized carbons (Fsp3) is 0.278. The highest BCUT2D eigenvalue weighted by Gasteiger charge is 2.33. The number of H-pyrrole nitrogens is 2. The van der Waals surface area contributed by atoms with E-state index in [1.165, 1.54) is 12.8 Å². The summed E-state index contributed by atoms with van der Waals surface area (Å²) in [6, 6.07) is 7.97. The van der Waals surface area contributed by atoms with Crippen LogP contribution in [-0.2, 0) is 12.2 Å². The first-order chi connectivity index (χ1) is 12.7. The van der Waals surface area contributed by atoms with Gasteiger partial charge in [-0.2, -0.15) is 5.10 Å². The van der Waals surface area contributed by atoms with Crippen molar-refractivity contribution >= 4 is 17.0 Å². The molecular weight excluding hydrogens is 328 g/mol. The van der Waals surface area contributed by atoms with Crippen molar-refractivity contribution in [3.63, 3.8) is 0 Å². The second kappa shape index (κ2) is 5.70. The molecular formula is C18H20N8. The van der Waals surface area contributed by atoms with Gasteiger partial charge in [0.25, 0.3) is 0 Å². The van der Waals surface area contributed by atoms with E-state index in [1.54, 1.807) is 6.20 Å². The lowest BCUT2D eigenvalue weighted by Gasteiger charge is -2.30. The Morgan fingerprint density at radius 3 is 3.08 bits per heavy atom. The zero-order chi connectivity index (χ0) is 17.6. The molecule has 26 heavy (non-hydrogen) atoms. The van der Waals surface area contributed by atoms with Crippen LogP contribution in [0.3, 0.4) is 0 Å². The van der Waals surface area contributed by atoms with Crippen LogP contribution < -0.4 is 16.4 Å². The molecule has 0 bridgehead atoms. The molecule has 8 nitrogen and oxygen atoms in total. The molecule has 0 saturated heterocycles. The smallest absolute Gasteiger partial charge is 0.197 e. The Morgan fingerprint density at radius 2 is 2.19 bits per heavy atom. The minimum absolute atomic E-state index is 0.453. The van der Waals surface area contributed by atoms with Gasteiger partial charge in [-0.1, -0.05) is 0 Å². The molecule has 6 N–H and O–H groups in total. The molecule has 0 aromatic carbocycles. The first kappa shape index (κ1) is 15.2. The molecule has 3 aromatic heterocycles. The number of nitrogens with two attached hydrogens (primary N) is 1. The molecule has 2 aliphatic rings. The standard InChI is InChI=1S/C18H20N8/c19-18(16-9-15(25-26-16)11-1-2-11)6-8-21-17(24-18)22-10-12-3-4-13-14(23-12)5-7-20-13/h3-9,11,20H,1-2,10,19H2,(H,25,26)(H2,21,22,24). The van der Waals surface area contributed by atoms with Crippen LogP contribution in [0.1, 0.15) is 35.8 Å². The first-order valence-corrected chi connectivity index (χ1v) is 8.74. The molecule has 132 valence electrons. The molecule has 3 aromatic rings. The van der Waals surface area contributed by atoms with Crippen molar-refractivity contribution in [1.82, 2.24) is 30.8 Å². The molecule has 1 atom stereocenters. The number of hydrogen-bond acceptors (Lipinski definition) is 4. The van der Waals surface area contributed by atoms with E-state index in [-0.39, 0.29) is 0 Å². The Labute approximate surface area is 150 Å². The maximum atomic E-state index is 6.51. The number of hydrogen-bond donors (Lipinski definition) is 5. The van der Waals surface area contributed by atoms with Crippen LogP contribution in [-0.4, -0.2) is 26.1 Å². The van der Waals surface area contributed by atoms with Gasteiger partial charge in [0.2, 0.25) is 0 Å². The van der Waals surface area contributed by atoms with Crippen molar-refractivity contribution in [2.75, 3.05) is 0 Å². The summed E-state index contributed by atoms with van der Waals surface area (Å²) in [6.45, 7) is 0.453. The lowest BCUT2D eigenvalue weighted by molar-refractivity contribution is 0.483. The van der Waals surface area contributed by atoms with E-state index in [4.69, 9.17) is 5.73 Å². The molecule has 0 radical (unpaired) electrons. The van der Waals surface area contributed by atoms with Gasteiger partial charge >= 0.3 is 0 Å². The first-order valence-electron chi connectivity index (χ1n) is 8.74. The minimum Gasteiger partial charge on any atom is -0.360 e. The fourth-order valence-electron chi connectivity index (χ4n) is 3.14. The van der Waals surface area contributed by atoms with E-state index >= 15 is 0 Å². The highest BCUT2D eigenvalue weighted by molar-refractivity contribution is 5.83. The highest BCUT2D eigenvalue weighted by atomic mass is 15.3. The number of guanidine groups is 1. The summed E-state index contributed by atoms with van der Waals surface area (Å²) in [4.78, 5) is 12.3. The largest absolute Gasteiger partial charge is 0.360 e. The summed E-state index contributed by atoms with van der Waals surface area (Å²) >= 11 is 0. The van der Waals surface area contributed by atoms with E-state index in [1.807, 2.05) is 36.5 Å². The summed E-state index contributed by atoms with van der Waals surface area (Å²) in [7, 11) is 0. The van der Waals surface area contributed by atoms with Gasteiger partial charge in [0.1, 0.15) is 5.69 Å². The number of fused-ring (bicyclic) bond motifs is 1. The molecule has 1 unspecified atom stereocenters. The normalized spacial score (nSPS) is 24.0. The van der Waals surface area contributed by atoms with Gasteiger partial charge in [0, 0.05) is 24.0 Å². The summed E-state index contributed by atoms with van der Waals surface area (Å²) < 4.78 is 0. The van der Waals surface area contributed by atoms with Gasteiger partial charge in [-0.3, -0.25) is 5.10 Å². The molecule has 0 amide bonds. The number of nitrogens with one attached hydrogen (secondary N) is 4. The third kappa shape index (κ3) is 2.74. The van der Waals surface area contributed by atoms with Crippen LogP contribution in [0.4, 0.5) is 0 Å². The highest BCUT2D eigenvalue weighted by Crippen LogP contribution is 2.39. The van der Waals surface area contributed by atoms with E-state index < -0.39 is 5.66 Å². The van der Waals surface area contributed by atoms with Crippen molar-refractivity contribution in [2.24, 2.45) is 10.7 Å². The van der Waals surface area contributed by atoms with Crippen molar-refractivity contribution in [3.8, 4) is 0 Å². The molecule has 1 aliphatic heterocycles. The summed E-state index contributed by atoms with van der Waals surface area (Å²) in [6.07, 6.45) is 7.96. The number of aromatic amines is 2. The Hall–Kier alpha value is -3.13. The fourth-order valence-corrected chi connectivity index (χ4v) is 3.14. The Morgan fingerprint density at radius 1 is 1.27 bits per heavy atom. The second-order valence-corrected chi connectivity index (χ2v) is 6.83. The zero-order valence-corrected chi connectivity index (χ0v) is 14.2. The molecule has 1 aliphatic carbocycles. The Bertz CT molecular complexity index is 1010.